The first-order valence-corrected chi connectivity index (χ1v) is 7.58. The molecule has 2 amide bonds. The number of halogens is 1. The highest BCUT2D eigenvalue weighted by Crippen LogP contribution is 2.16. The zero-order valence-corrected chi connectivity index (χ0v) is 12.3. The van der Waals surface area contributed by atoms with Gasteiger partial charge in [0.1, 0.15) is 0 Å². The van der Waals surface area contributed by atoms with Gasteiger partial charge in [-0.05, 0) is 37.5 Å². The van der Waals surface area contributed by atoms with E-state index >= 15 is 0 Å². The van der Waals surface area contributed by atoms with E-state index in [1.165, 1.54) is 6.42 Å². The molecule has 1 heterocycles. The number of piperidine rings is 1. The Morgan fingerprint density at radius 2 is 1.95 bits per heavy atom. The fourth-order valence-electron chi connectivity index (χ4n) is 2.20. The number of benzene rings is 1. The maximum Gasteiger partial charge on any atom is 0.253 e. The molecular formula is C14H17BrN2O2. The summed E-state index contributed by atoms with van der Waals surface area (Å²) in [6, 6.07) is 7.10. The minimum Gasteiger partial charge on any atom is -0.339 e. The highest BCUT2D eigenvalue weighted by atomic mass is 79.9. The quantitative estimate of drug-likeness (QED) is 0.869. The van der Waals surface area contributed by atoms with Gasteiger partial charge in [-0.15, -0.1) is 0 Å². The van der Waals surface area contributed by atoms with Crippen LogP contribution in [-0.4, -0.2) is 35.1 Å². The van der Waals surface area contributed by atoms with Crippen LogP contribution in [0.4, 0.5) is 5.69 Å². The minimum atomic E-state index is -0.123. The number of hydrogen-bond acceptors (Lipinski definition) is 2. The molecule has 1 aromatic rings. The third-order valence-electron chi connectivity index (χ3n) is 3.16. The summed E-state index contributed by atoms with van der Waals surface area (Å²) in [6.07, 6.45) is 3.35. The van der Waals surface area contributed by atoms with E-state index in [2.05, 4.69) is 21.2 Å². The number of nitrogens with one attached hydrogen (secondary N) is 1. The second-order valence-corrected chi connectivity index (χ2v) is 5.18. The molecule has 0 bridgehead atoms. The van der Waals surface area contributed by atoms with Crippen molar-refractivity contribution in [2.75, 3.05) is 23.7 Å². The monoisotopic (exact) mass is 324 g/mol. The van der Waals surface area contributed by atoms with E-state index in [1.807, 2.05) is 4.90 Å². The summed E-state index contributed by atoms with van der Waals surface area (Å²) < 4.78 is 0. The Hall–Kier alpha value is -1.36. The number of alkyl halides is 1. The van der Waals surface area contributed by atoms with E-state index < -0.39 is 0 Å². The fourth-order valence-corrected chi connectivity index (χ4v) is 2.34. The van der Waals surface area contributed by atoms with Crippen LogP contribution in [0.3, 0.4) is 0 Å². The molecule has 1 fully saturated rings. The molecule has 0 atom stereocenters. The lowest BCUT2D eigenvalue weighted by molar-refractivity contribution is -0.113. The first-order chi connectivity index (χ1) is 9.20. The summed E-state index contributed by atoms with van der Waals surface area (Å²) in [5, 5.41) is 2.98. The molecule has 1 N–H and O–H groups in total. The Bertz CT molecular complexity index is 470. The van der Waals surface area contributed by atoms with Crippen LogP contribution in [0, 0.1) is 0 Å². The molecule has 19 heavy (non-hydrogen) atoms. The van der Waals surface area contributed by atoms with E-state index in [0.29, 0.717) is 11.3 Å². The topological polar surface area (TPSA) is 49.4 Å². The first-order valence-electron chi connectivity index (χ1n) is 6.46. The number of rotatable bonds is 3. The predicted octanol–water partition coefficient (Wildman–Crippen LogP) is 2.65. The molecule has 2 rings (SSSR count). The number of hydrogen-bond donors (Lipinski definition) is 1. The van der Waals surface area contributed by atoms with Crippen LogP contribution in [-0.2, 0) is 4.79 Å². The van der Waals surface area contributed by atoms with E-state index in [1.54, 1.807) is 24.3 Å². The smallest absolute Gasteiger partial charge is 0.253 e. The van der Waals surface area contributed by atoms with Crippen LogP contribution in [0.15, 0.2) is 24.3 Å². The molecular weight excluding hydrogens is 308 g/mol. The summed E-state index contributed by atoms with van der Waals surface area (Å²) in [7, 11) is 0. The SMILES string of the molecule is O=C(CBr)Nc1cccc(C(=O)N2CCCCC2)c1. The van der Waals surface area contributed by atoms with Crippen molar-refractivity contribution >= 4 is 33.4 Å². The molecule has 0 saturated carbocycles. The Balaban J connectivity index is 2.09. The van der Waals surface area contributed by atoms with Gasteiger partial charge in [0.15, 0.2) is 0 Å². The van der Waals surface area contributed by atoms with Gasteiger partial charge in [0.25, 0.3) is 5.91 Å². The van der Waals surface area contributed by atoms with Crippen molar-refractivity contribution in [3.8, 4) is 0 Å². The van der Waals surface area contributed by atoms with Crippen molar-refractivity contribution < 1.29 is 9.59 Å². The van der Waals surface area contributed by atoms with Gasteiger partial charge in [-0.25, -0.2) is 0 Å². The molecule has 1 saturated heterocycles. The fraction of sp³-hybridized carbons (Fsp3) is 0.429. The Kier molecular flexibility index (Phi) is 4.96. The molecule has 1 aliphatic heterocycles. The second-order valence-electron chi connectivity index (χ2n) is 4.62. The van der Waals surface area contributed by atoms with Crippen LogP contribution in [0.5, 0.6) is 0 Å². The van der Waals surface area contributed by atoms with Gasteiger partial charge in [-0.1, -0.05) is 22.0 Å². The molecule has 1 aliphatic rings. The van der Waals surface area contributed by atoms with Crippen LogP contribution in [0.2, 0.25) is 0 Å². The van der Waals surface area contributed by atoms with Crippen LogP contribution >= 0.6 is 15.9 Å². The van der Waals surface area contributed by atoms with Crippen molar-refractivity contribution in [1.82, 2.24) is 4.90 Å². The summed E-state index contributed by atoms with van der Waals surface area (Å²) in [5.41, 5.74) is 1.29. The zero-order valence-electron chi connectivity index (χ0n) is 10.7. The van der Waals surface area contributed by atoms with Gasteiger partial charge < -0.3 is 10.2 Å². The normalized spacial score (nSPS) is 15.1. The molecule has 102 valence electrons. The minimum absolute atomic E-state index is 0.0506. The van der Waals surface area contributed by atoms with Gasteiger partial charge in [0.05, 0.1) is 5.33 Å². The maximum atomic E-state index is 12.3. The Morgan fingerprint density at radius 1 is 1.21 bits per heavy atom. The maximum absolute atomic E-state index is 12.3. The lowest BCUT2D eigenvalue weighted by Gasteiger charge is -2.26. The van der Waals surface area contributed by atoms with Gasteiger partial charge >= 0.3 is 0 Å². The standard InChI is InChI=1S/C14H17BrN2O2/c15-10-13(18)16-12-6-4-5-11(9-12)14(19)17-7-2-1-3-8-17/h4-6,9H,1-3,7-8,10H2,(H,16,18). The highest BCUT2D eigenvalue weighted by Gasteiger charge is 2.18. The van der Waals surface area contributed by atoms with Gasteiger partial charge in [-0.3, -0.25) is 9.59 Å². The molecule has 0 aliphatic carbocycles. The molecule has 0 spiro atoms. The highest BCUT2D eigenvalue weighted by molar-refractivity contribution is 9.09. The number of likely N-dealkylation sites (tertiary alicyclic amines) is 1. The summed E-state index contributed by atoms with van der Waals surface area (Å²) in [4.78, 5) is 25.5. The lowest BCUT2D eigenvalue weighted by Crippen LogP contribution is -2.35. The molecule has 0 radical (unpaired) electrons. The number of carbonyl (C=O) groups excluding carboxylic acids is 2. The van der Waals surface area contributed by atoms with Gasteiger partial charge in [-0.2, -0.15) is 0 Å². The average Bonchev–Trinajstić information content (AvgIpc) is 2.47. The molecule has 0 unspecified atom stereocenters. The third-order valence-corrected chi connectivity index (χ3v) is 3.67. The van der Waals surface area contributed by atoms with Crippen molar-refractivity contribution in [1.29, 1.82) is 0 Å². The van der Waals surface area contributed by atoms with Crippen molar-refractivity contribution in [3.05, 3.63) is 29.8 Å². The van der Waals surface area contributed by atoms with Crippen LogP contribution < -0.4 is 5.32 Å². The predicted molar refractivity (Wildman–Crippen MR) is 78.6 cm³/mol. The summed E-state index contributed by atoms with van der Waals surface area (Å²) >= 11 is 3.10. The molecule has 4 nitrogen and oxygen atoms in total. The van der Waals surface area contributed by atoms with Crippen molar-refractivity contribution in [2.45, 2.75) is 19.3 Å². The lowest BCUT2D eigenvalue weighted by atomic mass is 10.1. The summed E-state index contributed by atoms with van der Waals surface area (Å²) in [6.45, 7) is 1.66. The zero-order chi connectivity index (χ0) is 13.7. The van der Waals surface area contributed by atoms with Gasteiger partial charge in [0.2, 0.25) is 5.91 Å². The van der Waals surface area contributed by atoms with E-state index in [4.69, 9.17) is 0 Å². The van der Waals surface area contributed by atoms with E-state index in [0.717, 1.165) is 25.9 Å². The number of nitrogens with zero attached hydrogens (tertiary/aromatic N) is 1. The number of carbonyl (C=O) groups is 2. The first kappa shape index (κ1) is 14.1. The van der Waals surface area contributed by atoms with Crippen LogP contribution in [0.1, 0.15) is 29.6 Å². The average molecular weight is 325 g/mol. The number of amides is 2. The molecule has 5 heteroatoms. The third kappa shape index (κ3) is 3.80. The van der Waals surface area contributed by atoms with E-state index in [9.17, 15) is 9.59 Å². The number of anilines is 1. The van der Waals surface area contributed by atoms with Crippen molar-refractivity contribution in [2.24, 2.45) is 0 Å². The molecule has 0 aromatic heterocycles. The van der Waals surface area contributed by atoms with Crippen LogP contribution in [0.25, 0.3) is 0 Å². The Morgan fingerprint density at radius 3 is 2.63 bits per heavy atom. The van der Waals surface area contributed by atoms with Gasteiger partial charge in [0, 0.05) is 24.3 Å². The molecule has 1 aromatic carbocycles. The Labute approximate surface area is 121 Å². The largest absolute Gasteiger partial charge is 0.339 e. The van der Waals surface area contributed by atoms with Crippen molar-refractivity contribution in [3.63, 3.8) is 0 Å². The second kappa shape index (κ2) is 6.70. The summed E-state index contributed by atoms with van der Waals surface area (Å²) in [5.74, 6) is -0.0720. The van der Waals surface area contributed by atoms with E-state index in [-0.39, 0.29) is 17.1 Å².